The highest BCUT2D eigenvalue weighted by Crippen LogP contribution is 2.49. The maximum absolute atomic E-state index is 11.7. The van der Waals surface area contributed by atoms with Gasteiger partial charge in [-0.15, -0.1) is 0 Å². The highest BCUT2D eigenvalue weighted by Gasteiger charge is 2.56. The molecule has 2 rings (SSSR count). The van der Waals surface area contributed by atoms with Gasteiger partial charge in [-0.2, -0.15) is 0 Å². The molecule has 92 valence electrons. The van der Waals surface area contributed by atoms with Gasteiger partial charge in [0.2, 0.25) is 0 Å². The number of hydrogen-bond acceptors (Lipinski definition) is 4. The van der Waals surface area contributed by atoms with Crippen LogP contribution in [0.4, 0.5) is 0 Å². The Balaban J connectivity index is 1.66. The molecule has 1 saturated heterocycles. The fraction of sp³-hybridized carbons (Fsp3) is 0.917. The topological polar surface area (TPSA) is 48.1 Å². The Hall–Kier alpha value is -0.610. The standard InChI is InChI=1S/C12H20O4/c1-3-14-6-7-15-11(13)9-4-5-12(2)10(8-9)16-12/h9-10H,3-8H2,1-2H3. The SMILES string of the molecule is CCOCCOC(=O)C1CCC2(C)OC2C1. The van der Waals surface area contributed by atoms with Crippen molar-refractivity contribution in [1.29, 1.82) is 0 Å². The molecule has 3 atom stereocenters. The molecule has 4 nitrogen and oxygen atoms in total. The summed E-state index contributed by atoms with van der Waals surface area (Å²) in [5.74, 6) is -0.0561. The zero-order valence-electron chi connectivity index (χ0n) is 10.0. The third-order valence-corrected chi connectivity index (χ3v) is 3.53. The van der Waals surface area contributed by atoms with Crippen LogP contribution in [0.15, 0.2) is 0 Å². The van der Waals surface area contributed by atoms with Crippen molar-refractivity contribution in [2.45, 2.75) is 44.8 Å². The summed E-state index contributed by atoms with van der Waals surface area (Å²) < 4.78 is 15.8. The minimum absolute atomic E-state index is 0.0298. The number of ether oxygens (including phenoxy) is 3. The Morgan fingerprint density at radius 3 is 3.00 bits per heavy atom. The van der Waals surface area contributed by atoms with Gasteiger partial charge in [0.15, 0.2) is 0 Å². The van der Waals surface area contributed by atoms with E-state index in [1.165, 1.54) is 0 Å². The van der Waals surface area contributed by atoms with Crippen LogP contribution in [-0.4, -0.2) is 37.5 Å². The van der Waals surface area contributed by atoms with E-state index in [0.29, 0.717) is 19.8 Å². The Morgan fingerprint density at radius 2 is 2.31 bits per heavy atom. The molecule has 2 fully saturated rings. The van der Waals surface area contributed by atoms with Crippen LogP contribution >= 0.6 is 0 Å². The predicted octanol–water partition coefficient (Wildman–Crippen LogP) is 1.52. The van der Waals surface area contributed by atoms with Gasteiger partial charge in [-0.3, -0.25) is 4.79 Å². The monoisotopic (exact) mass is 228 g/mol. The molecular weight excluding hydrogens is 208 g/mol. The van der Waals surface area contributed by atoms with Crippen LogP contribution in [0.3, 0.4) is 0 Å². The normalized spacial score (nSPS) is 36.6. The maximum Gasteiger partial charge on any atom is 0.309 e. The highest BCUT2D eigenvalue weighted by atomic mass is 16.6. The van der Waals surface area contributed by atoms with Crippen molar-refractivity contribution in [3.63, 3.8) is 0 Å². The summed E-state index contributed by atoms with van der Waals surface area (Å²) in [6, 6.07) is 0. The Kier molecular flexibility index (Phi) is 3.50. The van der Waals surface area contributed by atoms with Gasteiger partial charge in [0.1, 0.15) is 6.61 Å². The molecule has 0 aromatic carbocycles. The second-order valence-corrected chi connectivity index (χ2v) is 4.75. The molecule has 0 spiro atoms. The first-order valence-electron chi connectivity index (χ1n) is 6.08. The molecule has 3 unspecified atom stereocenters. The zero-order valence-corrected chi connectivity index (χ0v) is 10.0. The van der Waals surface area contributed by atoms with Crippen molar-refractivity contribution < 1.29 is 19.0 Å². The van der Waals surface area contributed by atoms with Crippen molar-refractivity contribution in [3.8, 4) is 0 Å². The second-order valence-electron chi connectivity index (χ2n) is 4.75. The first-order chi connectivity index (χ1) is 7.65. The molecule has 2 aliphatic rings. The van der Waals surface area contributed by atoms with Crippen LogP contribution < -0.4 is 0 Å². The maximum atomic E-state index is 11.7. The van der Waals surface area contributed by atoms with Gasteiger partial charge in [-0.1, -0.05) is 0 Å². The summed E-state index contributed by atoms with van der Waals surface area (Å²) in [6.45, 7) is 5.57. The first kappa shape index (κ1) is 11.9. The average molecular weight is 228 g/mol. The minimum atomic E-state index is -0.0859. The molecule has 4 heteroatoms. The fourth-order valence-electron chi connectivity index (χ4n) is 2.32. The first-order valence-corrected chi connectivity index (χ1v) is 6.08. The molecule has 1 saturated carbocycles. The lowest BCUT2D eigenvalue weighted by Crippen LogP contribution is -2.28. The zero-order chi connectivity index (χ0) is 11.6. The number of esters is 1. The molecule has 0 amide bonds. The van der Waals surface area contributed by atoms with E-state index in [1.54, 1.807) is 0 Å². The summed E-state index contributed by atoms with van der Waals surface area (Å²) in [6.07, 6.45) is 2.97. The van der Waals surface area contributed by atoms with Gasteiger partial charge in [0, 0.05) is 6.61 Å². The van der Waals surface area contributed by atoms with Crippen LogP contribution in [0.5, 0.6) is 0 Å². The Morgan fingerprint density at radius 1 is 1.50 bits per heavy atom. The molecule has 1 aliphatic carbocycles. The Bertz CT molecular complexity index is 266. The highest BCUT2D eigenvalue weighted by molar-refractivity contribution is 5.72. The lowest BCUT2D eigenvalue weighted by molar-refractivity contribution is -0.151. The molecule has 0 N–H and O–H groups in total. The van der Waals surface area contributed by atoms with Gasteiger partial charge >= 0.3 is 5.97 Å². The van der Waals surface area contributed by atoms with E-state index in [9.17, 15) is 4.79 Å². The van der Waals surface area contributed by atoms with Crippen LogP contribution in [0, 0.1) is 5.92 Å². The number of carbonyl (C=O) groups is 1. The molecular formula is C12H20O4. The van der Waals surface area contributed by atoms with E-state index >= 15 is 0 Å². The fourth-order valence-corrected chi connectivity index (χ4v) is 2.32. The Labute approximate surface area is 96.2 Å². The quantitative estimate of drug-likeness (QED) is 0.407. The molecule has 0 aromatic rings. The summed E-state index contributed by atoms with van der Waals surface area (Å²) in [4.78, 5) is 11.7. The van der Waals surface area contributed by atoms with Gasteiger partial charge in [0.05, 0.1) is 24.2 Å². The van der Waals surface area contributed by atoms with Crippen molar-refractivity contribution in [2.75, 3.05) is 19.8 Å². The van der Waals surface area contributed by atoms with E-state index in [2.05, 4.69) is 6.92 Å². The third kappa shape index (κ3) is 2.55. The van der Waals surface area contributed by atoms with Crippen molar-refractivity contribution in [2.24, 2.45) is 5.92 Å². The number of epoxide rings is 1. The van der Waals surface area contributed by atoms with Crippen LogP contribution in [0.25, 0.3) is 0 Å². The number of fused-ring (bicyclic) bond motifs is 1. The van der Waals surface area contributed by atoms with Crippen molar-refractivity contribution in [3.05, 3.63) is 0 Å². The van der Waals surface area contributed by atoms with E-state index in [-0.39, 0.29) is 23.6 Å². The second kappa shape index (κ2) is 4.72. The molecule has 0 bridgehead atoms. The third-order valence-electron chi connectivity index (χ3n) is 3.53. The summed E-state index contributed by atoms with van der Waals surface area (Å²) in [7, 11) is 0. The largest absolute Gasteiger partial charge is 0.463 e. The number of carbonyl (C=O) groups excluding carboxylic acids is 1. The summed E-state index contributed by atoms with van der Waals surface area (Å²) in [5.41, 5.74) is 0.0715. The summed E-state index contributed by atoms with van der Waals surface area (Å²) in [5, 5.41) is 0. The van der Waals surface area contributed by atoms with Crippen molar-refractivity contribution >= 4 is 5.97 Å². The lowest BCUT2D eigenvalue weighted by Gasteiger charge is -2.20. The van der Waals surface area contributed by atoms with Gasteiger partial charge in [0.25, 0.3) is 0 Å². The summed E-state index contributed by atoms with van der Waals surface area (Å²) >= 11 is 0. The number of rotatable bonds is 5. The molecule has 16 heavy (non-hydrogen) atoms. The molecule has 1 aliphatic heterocycles. The average Bonchev–Trinajstić information content (AvgIpc) is 2.94. The van der Waals surface area contributed by atoms with E-state index in [1.807, 2.05) is 6.92 Å². The van der Waals surface area contributed by atoms with Crippen LogP contribution in [0.2, 0.25) is 0 Å². The number of hydrogen-bond donors (Lipinski definition) is 0. The van der Waals surface area contributed by atoms with Crippen molar-refractivity contribution in [1.82, 2.24) is 0 Å². The van der Waals surface area contributed by atoms with E-state index < -0.39 is 0 Å². The van der Waals surface area contributed by atoms with Gasteiger partial charge in [-0.25, -0.2) is 0 Å². The van der Waals surface area contributed by atoms with Crippen LogP contribution in [0.1, 0.15) is 33.1 Å². The molecule has 0 aromatic heterocycles. The lowest BCUT2D eigenvalue weighted by atomic mass is 9.83. The predicted molar refractivity (Wildman–Crippen MR) is 58.1 cm³/mol. The smallest absolute Gasteiger partial charge is 0.309 e. The van der Waals surface area contributed by atoms with Crippen LogP contribution in [-0.2, 0) is 19.0 Å². The van der Waals surface area contributed by atoms with E-state index in [0.717, 1.165) is 19.3 Å². The minimum Gasteiger partial charge on any atom is -0.463 e. The molecule has 1 heterocycles. The molecule has 0 radical (unpaired) electrons. The van der Waals surface area contributed by atoms with E-state index in [4.69, 9.17) is 14.2 Å². The van der Waals surface area contributed by atoms with Gasteiger partial charge in [-0.05, 0) is 33.1 Å². The van der Waals surface area contributed by atoms with Gasteiger partial charge < -0.3 is 14.2 Å².